The van der Waals surface area contributed by atoms with E-state index in [2.05, 4.69) is 0 Å². The molecule has 0 heterocycles. The fourth-order valence-electron chi connectivity index (χ4n) is 2.68. The molecule has 4 nitrogen and oxygen atoms in total. The number of hydrogen-bond donors (Lipinski definition) is 1. The molecule has 0 aliphatic heterocycles. The molecule has 0 atom stereocenters. The summed E-state index contributed by atoms with van der Waals surface area (Å²) in [6, 6.07) is 21.3. The number of benzene rings is 3. The van der Waals surface area contributed by atoms with Gasteiger partial charge in [0.25, 0.3) is 0 Å². The standard InChI is InChI=1S/C21H16O4/c22-13-16-9-6-12-19(25-14-15-7-2-1-3-8-15)20(16)17-10-4-5-11-18(17)21(23)24/h1-13H,14H2,(H,23,24). The summed E-state index contributed by atoms with van der Waals surface area (Å²) in [6.07, 6.45) is 0.712. The van der Waals surface area contributed by atoms with Crippen molar-refractivity contribution in [2.24, 2.45) is 0 Å². The van der Waals surface area contributed by atoms with Crippen molar-refractivity contribution in [3.8, 4) is 16.9 Å². The van der Waals surface area contributed by atoms with Crippen molar-refractivity contribution in [1.82, 2.24) is 0 Å². The van der Waals surface area contributed by atoms with E-state index in [9.17, 15) is 14.7 Å². The SMILES string of the molecule is O=Cc1cccc(OCc2ccccc2)c1-c1ccccc1C(=O)O. The Morgan fingerprint density at radius 1 is 0.920 bits per heavy atom. The summed E-state index contributed by atoms with van der Waals surface area (Å²) in [6.45, 7) is 0.325. The monoisotopic (exact) mass is 332 g/mol. The number of carboxylic acids is 1. The Labute approximate surface area is 145 Å². The molecule has 0 saturated carbocycles. The first-order chi connectivity index (χ1) is 12.2. The molecule has 1 N–H and O–H groups in total. The van der Waals surface area contributed by atoms with Gasteiger partial charge in [0.05, 0.1) is 5.56 Å². The zero-order chi connectivity index (χ0) is 17.6. The second-order valence-corrected chi connectivity index (χ2v) is 5.46. The van der Waals surface area contributed by atoms with Crippen LogP contribution in [0.3, 0.4) is 0 Å². The highest BCUT2D eigenvalue weighted by Crippen LogP contribution is 2.35. The molecular formula is C21H16O4. The van der Waals surface area contributed by atoms with Crippen LogP contribution in [0.5, 0.6) is 5.75 Å². The van der Waals surface area contributed by atoms with E-state index in [1.165, 1.54) is 6.07 Å². The van der Waals surface area contributed by atoms with Crippen molar-refractivity contribution in [2.75, 3.05) is 0 Å². The fraction of sp³-hybridized carbons (Fsp3) is 0.0476. The van der Waals surface area contributed by atoms with Crippen LogP contribution >= 0.6 is 0 Å². The number of ether oxygens (including phenoxy) is 1. The molecule has 0 aromatic heterocycles. The summed E-state index contributed by atoms with van der Waals surface area (Å²) in [5.74, 6) is -0.576. The van der Waals surface area contributed by atoms with Crippen molar-refractivity contribution >= 4 is 12.3 Å². The highest BCUT2D eigenvalue weighted by molar-refractivity contribution is 6.00. The summed E-state index contributed by atoms with van der Waals surface area (Å²) >= 11 is 0. The molecule has 0 radical (unpaired) electrons. The Balaban J connectivity index is 2.06. The first kappa shape index (κ1) is 16.5. The van der Waals surface area contributed by atoms with Crippen LogP contribution in [0.2, 0.25) is 0 Å². The number of carbonyl (C=O) groups is 2. The van der Waals surface area contributed by atoms with E-state index in [4.69, 9.17) is 4.74 Å². The van der Waals surface area contributed by atoms with Crippen LogP contribution in [-0.4, -0.2) is 17.4 Å². The van der Waals surface area contributed by atoms with Gasteiger partial charge in [-0.2, -0.15) is 0 Å². The predicted molar refractivity (Wildman–Crippen MR) is 95.0 cm³/mol. The van der Waals surface area contributed by atoms with Crippen molar-refractivity contribution < 1.29 is 19.4 Å². The molecule has 4 heteroatoms. The Hall–Kier alpha value is -3.40. The molecule has 0 unspecified atom stereocenters. The number of carboxylic acid groups (broad SMARTS) is 1. The van der Waals surface area contributed by atoms with Crippen LogP contribution in [0, 0.1) is 0 Å². The smallest absolute Gasteiger partial charge is 0.336 e. The second-order valence-electron chi connectivity index (χ2n) is 5.46. The lowest BCUT2D eigenvalue weighted by Crippen LogP contribution is -2.03. The van der Waals surface area contributed by atoms with E-state index in [1.54, 1.807) is 36.4 Å². The maximum atomic E-state index is 11.6. The Bertz CT molecular complexity index is 901. The first-order valence-corrected chi connectivity index (χ1v) is 7.78. The molecule has 3 aromatic rings. The number of carbonyl (C=O) groups excluding carboxylic acids is 1. The second kappa shape index (κ2) is 7.45. The molecule has 3 rings (SSSR count). The van der Waals surface area contributed by atoms with Gasteiger partial charge in [-0.1, -0.05) is 60.7 Å². The Morgan fingerprint density at radius 3 is 2.36 bits per heavy atom. The zero-order valence-electron chi connectivity index (χ0n) is 13.4. The van der Waals surface area contributed by atoms with Gasteiger partial charge in [0.15, 0.2) is 6.29 Å². The van der Waals surface area contributed by atoms with E-state index < -0.39 is 5.97 Å². The van der Waals surface area contributed by atoms with E-state index in [1.807, 2.05) is 30.3 Å². The maximum absolute atomic E-state index is 11.6. The van der Waals surface area contributed by atoms with Crippen LogP contribution in [0.4, 0.5) is 0 Å². The summed E-state index contributed by atoms with van der Waals surface area (Å²) in [7, 11) is 0. The lowest BCUT2D eigenvalue weighted by Gasteiger charge is -2.15. The minimum atomic E-state index is -1.05. The largest absolute Gasteiger partial charge is 0.488 e. The minimum Gasteiger partial charge on any atom is -0.488 e. The van der Waals surface area contributed by atoms with Crippen LogP contribution in [0.1, 0.15) is 26.3 Å². The molecule has 0 spiro atoms. The highest BCUT2D eigenvalue weighted by atomic mass is 16.5. The molecule has 0 saturated heterocycles. The summed E-state index contributed by atoms with van der Waals surface area (Å²) in [5.41, 5.74) is 2.45. The zero-order valence-corrected chi connectivity index (χ0v) is 13.4. The maximum Gasteiger partial charge on any atom is 0.336 e. The van der Waals surface area contributed by atoms with E-state index in [-0.39, 0.29) is 5.56 Å². The normalized spacial score (nSPS) is 10.2. The van der Waals surface area contributed by atoms with Crippen LogP contribution in [0.15, 0.2) is 72.8 Å². The number of aldehydes is 1. The van der Waals surface area contributed by atoms with E-state index in [0.29, 0.717) is 35.3 Å². The number of hydrogen-bond acceptors (Lipinski definition) is 3. The van der Waals surface area contributed by atoms with E-state index in [0.717, 1.165) is 5.56 Å². The lowest BCUT2D eigenvalue weighted by atomic mass is 9.95. The number of rotatable bonds is 6. The third-order valence-corrected chi connectivity index (χ3v) is 3.85. The molecule has 0 amide bonds. The third-order valence-electron chi connectivity index (χ3n) is 3.85. The number of aromatic carboxylic acids is 1. The van der Waals surface area contributed by atoms with Gasteiger partial charge < -0.3 is 9.84 Å². The predicted octanol–water partition coefficient (Wildman–Crippen LogP) is 4.44. The van der Waals surface area contributed by atoms with Crippen molar-refractivity contribution in [3.63, 3.8) is 0 Å². The quantitative estimate of drug-likeness (QED) is 0.678. The van der Waals surface area contributed by atoms with Gasteiger partial charge in [0.1, 0.15) is 12.4 Å². The molecule has 0 aliphatic carbocycles. The average molecular weight is 332 g/mol. The van der Waals surface area contributed by atoms with Crippen molar-refractivity contribution in [1.29, 1.82) is 0 Å². The highest BCUT2D eigenvalue weighted by Gasteiger charge is 2.18. The molecule has 0 aliphatic rings. The fourth-order valence-corrected chi connectivity index (χ4v) is 2.68. The van der Waals surface area contributed by atoms with Gasteiger partial charge in [-0.25, -0.2) is 4.79 Å². The lowest BCUT2D eigenvalue weighted by molar-refractivity contribution is 0.0697. The third kappa shape index (κ3) is 3.58. The average Bonchev–Trinajstić information content (AvgIpc) is 2.66. The molecule has 124 valence electrons. The summed E-state index contributed by atoms with van der Waals surface area (Å²) < 4.78 is 5.90. The van der Waals surface area contributed by atoms with Gasteiger partial charge in [-0.3, -0.25) is 4.79 Å². The topological polar surface area (TPSA) is 63.6 Å². The Morgan fingerprint density at radius 2 is 1.64 bits per heavy atom. The first-order valence-electron chi connectivity index (χ1n) is 7.78. The molecular weight excluding hydrogens is 316 g/mol. The van der Waals surface area contributed by atoms with E-state index >= 15 is 0 Å². The molecule has 0 fully saturated rings. The summed E-state index contributed by atoms with van der Waals surface area (Å²) in [5, 5.41) is 9.46. The van der Waals surface area contributed by atoms with Crippen LogP contribution in [0.25, 0.3) is 11.1 Å². The van der Waals surface area contributed by atoms with Crippen LogP contribution < -0.4 is 4.74 Å². The van der Waals surface area contributed by atoms with Crippen LogP contribution in [-0.2, 0) is 6.61 Å². The van der Waals surface area contributed by atoms with Gasteiger partial charge >= 0.3 is 5.97 Å². The van der Waals surface area contributed by atoms with Gasteiger partial charge in [0.2, 0.25) is 0 Å². The molecule has 3 aromatic carbocycles. The molecule has 0 bridgehead atoms. The summed E-state index contributed by atoms with van der Waals surface area (Å²) in [4.78, 5) is 23.1. The molecule has 25 heavy (non-hydrogen) atoms. The van der Waals surface area contributed by atoms with Gasteiger partial charge in [-0.05, 0) is 17.7 Å². The van der Waals surface area contributed by atoms with Gasteiger partial charge in [-0.15, -0.1) is 0 Å². The van der Waals surface area contributed by atoms with Crippen molar-refractivity contribution in [3.05, 3.63) is 89.5 Å². The van der Waals surface area contributed by atoms with Crippen molar-refractivity contribution in [2.45, 2.75) is 6.61 Å². The Kier molecular flexibility index (Phi) is 4.90. The van der Waals surface area contributed by atoms with Gasteiger partial charge in [0, 0.05) is 16.7 Å². The minimum absolute atomic E-state index is 0.126.